The molecule has 5 heteroatoms. The number of nitriles is 1. The van der Waals surface area contributed by atoms with Crippen LogP contribution in [0.3, 0.4) is 0 Å². The number of anilines is 1. The van der Waals surface area contributed by atoms with Crippen molar-refractivity contribution in [2.24, 2.45) is 0 Å². The fraction of sp³-hybridized carbons (Fsp3) is 0.231. The number of nitrogens with zero attached hydrogens (tertiary/aromatic N) is 3. The van der Waals surface area contributed by atoms with Crippen molar-refractivity contribution in [2.45, 2.75) is 13.5 Å². The van der Waals surface area contributed by atoms with E-state index in [0.29, 0.717) is 5.56 Å². The maximum Gasteiger partial charge on any atom is 0.0992 e. The molecule has 2 rings (SSSR count). The summed E-state index contributed by atoms with van der Waals surface area (Å²) in [5.41, 5.74) is 2.79. The Kier molecular flexibility index (Phi) is 4.00. The van der Waals surface area contributed by atoms with Gasteiger partial charge in [-0.3, -0.25) is 4.68 Å². The molecule has 18 heavy (non-hydrogen) atoms. The Morgan fingerprint density at radius 1 is 1.50 bits per heavy atom. The van der Waals surface area contributed by atoms with Gasteiger partial charge in [0.2, 0.25) is 0 Å². The number of hydrogen-bond donors (Lipinski definition) is 1. The molecule has 0 unspecified atom stereocenters. The molecule has 0 saturated carbocycles. The third kappa shape index (κ3) is 3.11. The van der Waals surface area contributed by atoms with Crippen LogP contribution in [0.1, 0.15) is 11.1 Å². The number of rotatable bonds is 4. The largest absolute Gasteiger partial charge is 0.382 e. The van der Waals surface area contributed by atoms with Gasteiger partial charge in [0, 0.05) is 22.9 Å². The van der Waals surface area contributed by atoms with E-state index in [1.165, 1.54) is 0 Å². The molecule has 0 saturated heterocycles. The normalized spacial score (nSPS) is 10.1. The zero-order chi connectivity index (χ0) is 13.0. The van der Waals surface area contributed by atoms with E-state index in [-0.39, 0.29) is 0 Å². The Balaban J connectivity index is 1.92. The van der Waals surface area contributed by atoms with E-state index < -0.39 is 0 Å². The summed E-state index contributed by atoms with van der Waals surface area (Å²) in [5.74, 6) is 0. The molecule has 1 heterocycles. The molecular weight excluding hydrogens is 292 g/mol. The lowest BCUT2D eigenvalue weighted by Crippen LogP contribution is -2.11. The molecule has 92 valence electrons. The molecule has 1 N–H and O–H groups in total. The van der Waals surface area contributed by atoms with Crippen molar-refractivity contribution in [3.8, 4) is 6.07 Å². The summed E-state index contributed by atoms with van der Waals surface area (Å²) in [6.45, 7) is 3.61. The van der Waals surface area contributed by atoms with E-state index >= 15 is 0 Å². The summed E-state index contributed by atoms with van der Waals surface area (Å²) in [5, 5.41) is 16.3. The molecule has 0 spiro atoms. The third-order valence-electron chi connectivity index (χ3n) is 2.52. The van der Waals surface area contributed by atoms with Crippen molar-refractivity contribution in [1.29, 1.82) is 5.26 Å². The minimum absolute atomic E-state index is 0.648. The van der Waals surface area contributed by atoms with Gasteiger partial charge in [0.1, 0.15) is 0 Å². The zero-order valence-corrected chi connectivity index (χ0v) is 11.6. The highest BCUT2D eigenvalue weighted by atomic mass is 79.9. The third-order valence-corrected chi connectivity index (χ3v) is 3.17. The second-order valence-corrected chi connectivity index (χ2v) is 4.87. The van der Waals surface area contributed by atoms with Gasteiger partial charge in [-0.05, 0) is 46.6 Å². The minimum atomic E-state index is 0.648. The first-order valence-corrected chi connectivity index (χ1v) is 6.41. The van der Waals surface area contributed by atoms with Gasteiger partial charge in [-0.2, -0.15) is 10.4 Å². The summed E-state index contributed by atoms with van der Waals surface area (Å²) in [7, 11) is 0. The van der Waals surface area contributed by atoms with E-state index in [4.69, 9.17) is 5.26 Å². The summed E-state index contributed by atoms with van der Waals surface area (Å²) in [4.78, 5) is 0. The Bertz CT molecular complexity index is 583. The fourth-order valence-corrected chi connectivity index (χ4v) is 2.14. The molecule has 4 nitrogen and oxygen atoms in total. The molecule has 0 bridgehead atoms. The van der Waals surface area contributed by atoms with Crippen LogP contribution < -0.4 is 5.32 Å². The monoisotopic (exact) mass is 304 g/mol. The molecular formula is C13H13BrN4. The molecule has 0 aliphatic carbocycles. The van der Waals surface area contributed by atoms with Crippen molar-refractivity contribution < 1.29 is 0 Å². The number of hydrogen-bond acceptors (Lipinski definition) is 3. The second kappa shape index (κ2) is 5.69. The summed E-state index contributed by atoms with van der Waals surface area (Å²) in [6.07, 6.45) is 3.85. The predicted octanol–water partition coefficient (Wildman–Crippen LogP) is 2.94. The Hall–Kier alpha value is -1.80. The Labute approximate surface area is 114 Å². The first kappa shape index (κ1) is 12.7. The number of nitrogens with one attached hydrogen (secondary N) is 1. The highest BCUT2D eigenvalue weighted by Crippen LogP contribution is 2.23. The van der Waals surface area contributed by atoms with Gasteiger partial charge in [0.25, 0.3) is 0 Å². The Morgan fingerprint density at radius 2 is 2.33 bits per heavy atom. The quantitative estimate of drug-likeness (QED) is 0.945. The van der Waals surface area contributed by atoms with Crippen molar-refractivity contribution in [2.75, 3.05) is 11.9 Å². The lowest BCUT2D eigenvalue weighted by molar-refractivity contribution is 0.637. The van der Waals surface area contributed by atoms with Gasteiger partial charge in [-0.1, -0.05) is 0 Å². The van der Waals surface area contributed by atoms with E-state index in [1.807, 2.05) is 30.1 Å². The molecule has 0 aliphatic heterocycles. The van der Waals surface area contributed by atoms with Crippen LogP contribution in [0.2, 0.25) is 0 Å². The van der Waals surface area contributed by atoms with Crippen molar-refractivity contribution in [1.82, 2.24) is 9.78 Å². The van der Waals surface area contributed by atoms with Crippen LogP contribution in [0.15, 0.2) is 35.1 Å². The average molecular weight is 305 g/mol. The number of aromatic nitrogens is 2. The van der Waals surface area contributed by atoms with Crippen molar-refractivity contribution >= 4 is 21.6 Å². The number of halogens is 1. The van der Waals surface area contributed by atoms with Gasteiger partial charge in [0.05, 0.1) is 24.4 Å². The SMILES string of the molecule is Cc1cnn(CCNc2ccc(C#N)cc2Br)c1. The zero-order valence-electron chi connectivity index (χ0n) is 10.0. The number of aryl methyl sites for hydroxylation is 1. The van der Waals surface area contributed by atoms with Gasteiger partial charge < -0.3 is 5.32 Å². The maximum absolute atomic E-state index is 8.78. The number of benzene rings is 1. The average Bonchev–Trinajstić information content (AvgIpc) is 2.77. The van der Waals surface area contributed by atoms with Crippen LogP contribution in [0.4, 0.5) is 5.69 Å². The van der Waals surface area contributed by atoms with E-state index in [0.717, 1.165) is 28.8 Å². The highest BCUT2D eigenvalue weighted by Gasteiger charge is 2.01. The van der Waals surface area contributed by atoms with E-state index in [9.17, 15) is 0 Å². The molecule has 0 amide bonds. The summed E-state index contributed by atoms with van der Waals surface area (Å²) in [6, 6.07) is 7.61. The van der Waals surface area contributed by atoms with Gasteiger partial charge >= 0.3 is 0 Å². The maximum atomic E-state index is 8.78. The Morgan fingerprint density at radius 3 is 2.94 bits per heavy atom. The first-order valence-electron chi connectivity index (χ1n) is 5.61. The second-order valence-electron chi connectivity index (χ2n) is 4.01. The van der Waals surface area contributed by atoms with E-state index in [2.05, 4.69) is 32.4 Å². The van der Waals surface area contributed by atoms with Crippen LogP contribution >= 0.6 is 15.9 Å². The van der Waals surface area contributed by atoms with Crippen LogP contribution in [-0.4, -0.2) is 16.3 Å². The predicted molar refractivity (Wildman–Crippen MR) is 74.3 cm³/mol. The van der Waals surface area contributed by atoms with Crippen molar-refractivity contribution in [3.63, 3.8) is 0 Å². The molecule has 0 aliphatic rings. The van der Waals surface area contributed by atoms with Crippen LogP contribution in [0.25, 0.3) is 0 Å². The summed E-state index contributed by atoms with van der Waals surface area (Å²) < 4.78 is 2.80. The standard InChI is InChI=1S/C13H13BrN4/c1-10-8-17-18(9-10)5-4-16-13-3-2-11(7-15)6-12(13)14/h2-3,6,8-9,16H,4-5H2,1H3. The molecule has 1 aromatic heterocycles. The molecule has 2 aromatic rings. The molecule has 0 radical (unpaired) electrons. The molecule has 0 atom stereocenters. The smallest absolute Gasteiger partial charge is 0.0992 e. The van der Waals surface area contributed by atoms with Crippen molar-refractivity contribution in [3.05, 3.63) is 46.2 Å². The lowest BCUT2D eigenvalue weighted by atomic mass is 10.2. The molecule has 0 fully saturated rings. The summed E-state index contributed by atoms with van der Waals surface area (Å²) >= 11 is 3.44. The molecule has 1 aromatic carbocycles. The minimum Gasteiger partial charge on any atom is -0.382 e. The van der Waals surface area contributed by atoms with Gasteiger partial charge in [0.15, 0.2) is 0 Å². The highest BCUT2D eigenvalue weighted by molar-refractivity contribution is 9.10. The topological polar surface area (TPSA) is 53.6 Å². The van der Waals surface area contributed by atoms with E-state index in [1.54, 1.807) is 12.1 Å². The van der Waals surface area contributed by atoms with Crippen LogP contribution in [0.5, 0.6) is 0 Å². The lowest BCUT2D eigenvalue weighted by Gasteiger charge is -2.08. The van der Waals surface area contributed by atoms with Crippen LogP contribution in [-0.2, 0) is 6.54 Å². The van der Waals surface area contributed by atoms with Crippen LogP contribution in [0, 0.1) is 18.3 Å². The van der Waals surface area contributed by atoms with Gasteiger partial charge in [-0.25, -0.2) is 0 Å². The fourth-order valence-electron chi connectivity index (χ4n) is 1.62. The van der Waals surface area contributed by atoms with Gasteiger partial charge in [-0.15, -0.1) is 0 Å². The first-order chi connectivity index (χ1) is 8.69.